The SMILES string of the molecule is CC(CNC(=O)c1cc(S(=O)(=O)N2CCCC2)ccc1Cl)N1CCOCC1. The molecule has 0 radical (unpaired) electrons. The number of ether oxygens (including phenoxy) is 1. The molecule has 1 atom stereocenters. The Morgan fingerprint density at radius 3 is 2.56 bits per heavy atom. The van der Waals surface area contributed by atoms with Crippen molar-refractivity contribution >= 4 is 27.5 Å². The molecule has 0 spiro atoms. The Bertz CT molecular complexity index is 775. The molecule has 0 aromatic heterocycles. The number of hydrogen-bond donors (Lipinski definition) is 1. The van der Waals surface area contributed by atoms with Gasteiger partial charge in [0.15, 0.2) is 0 Å². The molecule has 1 unspecified atom stereocenters. The second kappa shape index (κ2) is 8.87. The van der Waals surface area contributed by atoms with Gasteiger partial charge in [0.25, 0.3) is 5.91 Å². The predicted molar refractivity (Wildman–Crippen MR) is 104 cm³/mol. The molecule has 2 heterocycles. The lowest BCUT2D eigenvalue weighted by Gasteiger charge is -2.32. The molecule has 1 amide bonds. The topological polar surface area (TPSA) is 79.0 Å². The molecule has 2 aliphatic heterocycles. The number of rotatable bonds is 6. The van der Waals surface area contributed by atoms with Crippen molar-refractivity contribution in [1.29, 1.82) is 0 Å². The van der Waals surface area contributed by atoms with E-state index in [-0.39, 0.29) is 27.4 Å². The van der Waals surface area contributed by atoms with Gasteiger partial charge in [-0.25, -0.2) is 8.42 Å². The van der Waals surface area contributed by atoms with E-state index in [1.807, 2.05) is 6.92 Å². The van der Waals surface area contributed by atoms with Crippen LogP contribution in [0.1, 0.15) is 30.1 Å². The number of halogens is 1. The number of hydrogen-bond acceptors (Lipinski definition) is 5. The van der Waals surface area contributed by atoms with Crippen LogP contribution in [0, 0.1) is 0 Å². The first-order valence-electron chi connectivity index (χ1n) is 9.29. The van der Waals surface area contributed by atoms with Crippen molar-refractivity contribution in [1.82, 2.24) is 14.5 Å². The van der Waals surface area contributed by atoms with Crippen LogP contribution < -0.4 is 5.32 Å². The molecule has 0 aliphatic carbocycles. The Morgan fingerprint density at radius 1 is 1.22 bits per heavy atom. The lowest BCUT2D eigenvalue weighted by Crippen LogP contribution is -2.47. The Balaban J connectivity index is 1.69. The summed E-state index contributed by atoms with van der Waals surface area (Å²) >= 11 is 6.17. The molecule has 2 fully saturated rings. The van der Waals surface area contributed by atoms with Crippen LogP contribution in [0.3, 0.4) is 0 Å². The smallest absolute Gasteiger partial charge is 0.252 e. The van der Waals surface area contributed by atoms with Crippen LogP contribution in [-0.4, -0.2) is 75.5 Å². The maximum Gasteiger partial charge on any atom is 0.252 e. The van der Waals surface area contributed by atoms with Gasteiger partial charge in [-0.05, 0) is 38.0 Å². The quantitative estimate of drug-likeness (QED) is 0.763. The fraction of sp³-hybridized carbons (Fsp3) is 0.611. The number of sulfonamides is 1. The van der Waals surface area contributed by atoms with E-state index in [0.717, 1.165) is 25.9 Å². The molecule has 0 saturated carbocycles. The molecular weight excluding hydrogens is 390 g/mol. The molecule has 3 rings (SSSR count). The number of benzene rings is 1. The van der Waals surface area contributed by atoms with Crippen molar-refractivity contribution in [2.75, 3.05) is 45.9 Å². The summed E-state index contributed by atoms with van der Waals surface area (Å²) in [6.45, 7) is 6.59. The summed E-state index contributed by atoms with van der Waals surface area (Å²) in [5.74, 6) is -0.362. The molecule has 9 heteroatoms. The zero-order valence-electron chi connectivity index (χ0n) is 15.5. The van der Waals surface area contributed by atoms with Gasteiger partial charge in [0.05, 0.1) is 28.7 Å². The third-order valence-corrected chi connectivity index (χ3v) is 7.34. The van der Waals surface area contributed by atoms with E-state index in [9.17, 15) is 13.2 Å². The number of morpholine rings is 1. The lowest BCUT2D eigenvalue weighted by atomic mass is 10.2. The lowest BCUT2D eigenvalue weighted by molar-refractivity contribution is 0.0204. The third-order valence-electron chi connectivity index (χ3n) is 5.11. The third kappa shape index (κ3) is 4.81. The van der Waals surface area contributed by atoms with Crippen LogP contribution in [0.25, 0.3) is 0 Å². The highest BCUT2D eigenvalue weighted by atomic mass is 35.5. The number of nitrogens with one attached hydrogen (secondary N) is 1. The predicted octanol–water partition coefficient (Wildman–Crippen LogP) is 1.57. The Kier molecular flexibility index (Phi) is 6.75. The average Bonchev–Trinajstić information content (AvgIpc) is 3.22. The molecule has 1 aromatic carbocycles. The van der Waals surface area contributed by atoms with E-state index in [1.165, 1.54) is 22.5 Å². The summed E-state index contributed by atoms with van der Waals surface area (Å²) < 4.78 is 32.2. The highest BCUT2D eigenvalue weighted by Crippen LogP contribution is 2.25. The number of nitrogens with zero attached hydrogens (tertiary/aromatic N) is 2. The average molecular weight is 416 g/mol. The van der Waals surface area contributed by atoms with Crippen molar-refractivity contribution in [2.24, 2.45) is 0 Å². The van der Waals surface area contributed by atoms with Gasteiger partial charge in [-0.2, -0.15) is 4.31 Å². The van der Waals surface area contributed by atoms with Crippen molar-refractivity contribution in [3.8, 4) is 0 Å². The van der Waals surface area contributed by atoms with Crippen LogP contribution in [-0.2, 0) is 14.8 Å². The van der Waals surface area contributed by atoms with Crippen molar-refractivity contribution in [3.05, 3.63) is 28.8 Å². The first-order valence-corrected chi connectivity index (χ1v) is 11.1. The van der Waals surface area contributed by atoms with Crippen molar-refractivity contribution in [3.63, 3.8) is 0 Å². The molecule has 7 nitrogen and oxygen atoms in total. The maximum absolute atomic E-state index is 12.7. The zero-order chi connectivity index (χ0) is 19.4. The standard InChI is InChI=1S/C18H26ClN3O4S/c1-14(21-8-10-26-11-9-21)13-20-18(23)16-12-15(4-5-17(16)19)27(24,25)22-6-2-3-7-22/h4-5,12,14H,2-3,6-11,13H2,1H3,(H,20,23). The number of carbonyl (C=O) groups excluding carboxylic acids is 1. The summed E-state index contributed by atoms with van der Waals surface area (Å²) in [6, 6.07) is 4.48. The maximum atomic E-state index is 12.7. The van der Waals surface area contributed by atoms with Crippen LogP contribution >= 0.6 is 11.6 Å². The summed E-state index contributed by atoms with van der Waals surface area (Å²) in [5.41, 5.74) is 0.186. The van der Waals surface area contributed by atoms with Gasteiger partial charge in [-0.1, -0.05) is 11.6 Å². The fourth-order valence-corrected chi connectivity index (χ4v) is 5.15. The molecule has 0 bridgehead atoms. The van der Waals surface area contributed by atoms with E-state index >= 15 is 0 Å². The Morgan fingerprint density at radius 2 is 1.89 bits per heavy atom. The second-order valence-electron chi connectivity index (χ2n) is 6.96. The Labute approximate surface area is 165 Å². The highest BCUT2D eigenvalue weighted by molar-refractivity contribution is 7.89. The van der Waals surface area contributed by atoms with Crippen LogP contribution in [0.4, 0.5) is 0 Å². The second-order valence-corrected chi connectivity index (χ2v) is 9.31. The van der Waals surface area contributed by atoms with E-state index in [2.05, 4.69) is 10.2 Å². The van der Waals surface area contributed by atoms with Crippen molar-refractivity contribution < 1.29 is 17.9 Å². The van der Waals surface area contributed by atoms with E-state index in [0.29, 0.717) is 32.8 Å². The van der Waals surface area contributed by atoms with Crippen LogP contribution in [0.2, 0.25) is 5.02 Å². The Hall–Kier alpha value is -1.19. The molecule has 1 aromatic rings. The van der Waals surface area contributed by atoms with Gasteiger partial charge in [-0.3, -0.25) is 9.69 Å². The fourth-order valence-electron chi connectivity index (χ4n) is 3.40. The first-order chi connectivity index (χ1) is 12.9. The molecule has 1 N–H and O–H groups in total. The van der Waals surface area contributed by atoms with E-state index in [1.54, 1.807) is 0 Å². The summed E-state index contributed by atoms with van der Waals surface area (Å²) in [6.07, 6.45) is 1.72. The summed E-state index contributed by atoms with van der Waals surface area (Å²) in [7, 11) is -3.59. The van der Waals surface area contributed by atoms with Gasteiger partial charge in [-0.15, -0.1) is 0 Å². The molecule has 150 valence electrons. The zero-order valence-corrected chi connectivity index (χ0v) is 17.1. The highest BCUT2D eigenvalue weighted by Gasteiger charge is 2.28. The minimum absolute atomic E-state index is 0.111. The van der Waals surface area contributed by atoms with Crippen LogP contribution in [0.15, 0.2) is 23.1 Å². The molecular formula is C18H26ClN3O4S. The van der Waals surface area contributed by atoms with Gasteiger partial charge < -0.3 is 10.1 Å². The minimum Gasteiger partial charge on any atom is -0.379 e. The number of amides is 1. The summed E-state index contributed by atoms with van der Waals surface area (Å²) in [5, 5.41) is 3.11. The summed E-state index contributed by atoms with van der Waals surface area (Å²) in [4.78, 5) is 15.0. The normalized spacial score (nSPS) is 20.5. The molecule has 2 saturated heterocycles. The van der Waals surface area contributed by atoms with E-state index < -0.39 is 10.0 Å². The van der Waals surface area contributed by atoms with Crippen LogP contribution in [0.5, 0.6) is 0 Å². The number of carbonyl (C=O) groups is 1. The van der Waals surface area contributed by atoms with Crippen molar-refractivity contribution in [2.45, 2.75) is 30.7 Å². The largest absolute Gasteiger partial charge is 0.379 e. The minimum atomic E-state index is -3.59. The molecule has 27 heavy (non-hydrogen) atoms. The molecule has 2 aliphatic rings. The van der Waals surface area contributed by atoms with Gasteiger partial charge in [0.2, 0.25) is 10.0 Å². The van der Waals surface area contributed by atoms with Gasteiger partial charge in [0, 0.05) is 38.8 Å². The van der Waals surface area contributed by atoms with Gasteiger partial charge in [0.1, 0.15) is 0 Å². The first kappa shape index (κ1) is 20.5. The van der Waals surface area contributed by atoms with E-state index in [4.69, 9.17) is 16.3 Å². The monoisotopic (exact) mass is 415 g/mol. The van der Waals surface area contributed by atoms with Gasteiger partial charge >= 0.3 is 0 Å².